The standard InChI is InChI=1S/C20H23N3O2S/c1-21-19(24)17-3-2-4-18(13-17)22-20(25)16-7-5-15(6-8-16)14-23-9-11-26-12-10-23/h2-8,13H,9-12,14H2,1H3,(H,21,24)(H,22,25). The summed E-state index contributed by atoms with van der Waals surface area (Å²) in [6.45, 7) is 3.17. The predicted octanol–water partition coefficient (Wildman–Crippen LogP) is 2.85. The van der Waals surface area contributed by atoms with Crippen LogP contribution in [0.3, 0.4) is 0 Å². The smallest absolute Gasteiger partial charge is 0.255 e. The van der Waals surface area contributed by atoms with Gasteiger partial charge in [-0.25, -0.2) is 0 Å². The van der Waals surface area contributed by atoms with Gasteiger partial charge in [-0.15, -0.1) is 0 Å². The maximum Gasteiger partial charge on any atom is 0.255 e. The molecule has 1 aliphatic heterocycles. The van der Waals surface area contributed by atoms with Crippen molar-refractivity contribution in [2.45, 2.75) is 6.54 Å². The lowest BCUT2D eigenvalue weighted by atomic mass is 10.1. The van der Waals surface area contributed by atoms with E-state index < -0.39 is 0 Å². The highest BCUT2D eigenvalue weighted by Crippen LogP contribution is 2.15. The molecule has 26 heavy (non-hydrogen) atoms. The minimum absolute atomic E-state index is 0.179. The maximum atomic E-state index is 12.4. The van der Waals surface area contributed by atoms with E-state index in [9.17, 15) is 9.59 Å². The average Bonchev–Trinajstić information content (AvgIpc) is 2.69. The van der Waals surface area contributed by atoms with Crippen molar-refractivity contribution < 1.29 is 9.59 Å². The molecule has 0 aliphatic carbocycles. The number of nitrogens with zero attached hydrogens (tertiary/aromatic N) is 1. The number of anilines is 1. The summed E-state index contributed by atoms with van der Waals surface area (Å²) in [4.78, 5) is 26.6. The van der Waals surface area contributed by atoms with Gasteiger partial charge in [0.1, 0.15) is 0 Å². The Morgan fingerprint density at radius 2 is 1.73 bits per heavy atom. The number of hydrogen-bond donors (Lipinski definition) is 2. The monoisotopic (exact) mass is 369 g/mol. The number of rotatable bonds is 5. The van der Waals surface area contributed by atoms with Crippen molar-refractivity contribution in [3.8, 4) is 0 Å². The molecule has 1 heterocycles. The van der Waals surface area contributed by atoms with Crippen molar-refractivity contribution in [1.82, 2.24) is 10.2 Å². The molecule has 0 aromatic heterocycles. The molecule has 6 heteroatoms. The van der Waals surface area contributed by atoms with E-state index in [-0.39, 0.29) is 11.8 Å². The normalized spacial score (nSPS) is 14.7. The molecular weight excluding hydrogens is 346 g/mol. The van der Waals surface area contributed by atoms with Crippen molar-refractivity contribution in [2.24, 2.45) is 0 Å². The third kappa shape index (κ3) is 4.86. The molecule has 2 aromatic carbocycles. The quantitative estimate of drug-likeness (QED) is 0.851. The lowest BCUT2D eigenvalue weighted by Gasteiger charge is -2.26. The van der Waals surface area contributed by atoms with Crippen molar-refractivity contribution >= 4 is 29.3 Å². The van der Waals surface area contributed by atoms with Crippen LogP contribution in [0.15, 0.2) is 48.5 Å². The van der Waals surface area contributed by atoms with E-state index in [1.54, 1.807) is 31.3 Å². The summed E-state index contributed by atoms with van der Waals surface area (Å²) in [5.74, 6) is 2.02. The maximum absolute atomic E-state index is 12.4. The molecule has 3 rings (SSSR count). The molecule has 2 N–H and O–H groups in total. The van der Waals surface area contributed by atoms with E-state index >= 15 is 0 Å². The molecule has 0 bridgehead atoms. The van der Waals surface area contributed by atoms with E-state index in [1.807, 2.05) is 36.0 Å². The highest BCUT2D eigenvalue weighted by Gasteiger charge is 2.12. The van der Waals surface area contributed by atoms with Gasteiger partial charge in [0.25, 0.3) is 11.8 Å². The summed E-state index contributed by atoms with van der Waals surface area (Å²) in [7, 11) is 1.58. The predicted molar refractivity (Wildman–Crippen MR) is 107 cm³/mol. The molecule has 0 atom stereocenters. The molecule has 1 aliphatic rings. The van der Waals surface area contributed by atoms with Gasteiger partial charge in [-0.1, -0.05) is 18.2 Å². The van der Waals surface area contributed by atoms with Gasteiger partial charge < -0.3 is 10.6 Å². The summed E-state index contributed by atoms with van der Waals surface area (Å²) in [5, 5.41) is 5.42. The fraction of sp³-hybridized carbons (Fsp3) is 0.300. The van der Waals surface area contributed by atoms with Gasteiger partial charge >= 0.3 is 0 Å². The second kappa shape index (κ2) is 8.87. The number of benzene rings is 2. The minimum Gasteiger partial charge on any atom is -0.355 e. The van der Waals surface area contributed by atoms with Crippen molar-refractivity contribution in [1.29, 1.82) is 0 Å². The molecule has 0 unspecified atom stereocenters. The molecule has 0 saturated carbocycles. The number of thioether (sulfide) groups is 1. The largest absolute Gasteiger partial charge is 0.355 e. The summed E-state index contributed by atoms with van der Waals surface area (Å²) in [6.07, 6.45) is 0. The van der Waals surface area contributed by atoms with Crippen LogP contribution in [-0.4, -0.2) is 48.4 Å². The molecule has 0 spiro atoms. The fourth-order valence-electron chi connectivity index (χ4n) is 2.86. The molecular formula is C20H23N3O2S. The van der Waals surface area contributed by atoms with Crippen LogP contribution in [0.25, 0.3) is 0 Å². The van der Waals surface area contributed by atoms with Crippen molar-refractivity contribution in [3.05, 3.63) is 65.2 Å². The van der Waals surface area contributed by atoms with Gasteiger partial charge in [-0.3, -0.25) is 14.5 Å². The third-order valence-electron chi connectivity index (χ3n) is 4.34. The number of carbonyl (C=O) groups excluding carboxylic acids is 2. The van der Waals surface area contributed by atoms with Crippen LogP contribution in [0.5, 0.6) is 0 Å². The topological polar surface area (TPSA) is 61.4 Å². The molecule has 1 fully saturated rings. The summed E-state index contributed by atoms with van der Waals surface area (Å²) in [6, 6.07) is 14.6. The Balaban J connectivity index is 1.62. The Bertz CT molecular complexity index is 771. The van der Waals surface area contributed by atoms with Gasteiger partial charge in [0.05, 0.1) is 0 Å². The van der Waals surface area contributed by atoms with E-state index in [1.165, 1.54) is 17.1 Å². The molecule has 136 valence electrons. The molecule has 1 saturated heterocycles. The lowest BCUT2D eigenvalue weighted by molar-refractivity contribution is 0.0961. The molecule has 2 amide bonds. The Morgan fingerprint density at radius 3 is 2.42 bits per heavy atom. The SMILES string of the molecule is CNC(=O)c1cccc(NC(=O)c2ccc(CN3CCSCC3)cc2)c1. The van der Waals surface area contributed by atoms with Crippen LogP contribution < -0.4 is 10.6 Å². The van der Waals surface area contributed by atoms with Crippen LogP contribution in [0.4, 0.5) is 5.69 Å². The van der Waals surface area contributed by atoms with Crippen LogP contribution >= 0.6 is 11.8 Å². The second-order valence-electron chi connectivity index (χ2n) is 6.20. The Labute approximate surface area is 158 Å². The number of amides is 2. The first-order valence-corrected chi connectivity index (χ1v) is 9.84. The first-order valence-electron chi connectivity index (χ1n) is 8.68. The van der Waals surface area contributed by atoms with Crippen molar-refractivity contribution in [3.63, 3.8) is 0 Å². The van der Waals surface area contributed by atoms with E-state index in [2.05, 4.69) is 15.5 Å². The average molecular weight is 369 g/mol. The van der Waals surface area contributed by atoms with Crippen LogP contribution in [0.2, 0.25) is 0 Å². The lowest BCUT2D eigenvalue weighted by Crippen LogP contribution is -2.31. The highest BCUT2D eigenvalue weighted by atomic mass is 32.2. The zero-order valence-electron chi connectivity index (χ0n) is 14.8. The van der Waals surface area contributed by atoms with Gasteiger partial charge in [-0.05, 0) is 35.9 Å². The zero-order chi connectivity index (χ0) is 18.4. The number of hydrogen-bond acceptors (Lipinski definition) is 4. The van der Waals surface area contributed by atoms with Crippen molar-refractivity contribution in [2.75, 3.05) is 37.0 Å². The first-order chi connectivity index (χ1) is 12.7. The Hall–Kier alpha value is -2.31. The van der Waals surface area contributed by atoms with E-state index in [0.29, 0.717) is 16.8 Å². The number of nitrogens with one attached hydrogen (secondary N) is 2. The van der Waals surface area contributed by atoms with Gasteiger partial charge in [0.2, 0.25) is 0 Å². The van der Waals surface area contributed by atoms with Gasteiger partial charge in [-0.2, -0.15) is 11.8 Å². The van der Waals surface area contributed by atoms with E-state index in [0.717, 1.165) is 19.6 Å². The third-order valence-corrected chi connectivity index (χ3v) is 5.28. The molecule has 5 nitrogen and oxygen atoms in total. The fourth-order valence-corrected chi connectivity index (χ4v) is 3.84. The minimum atomic E-state index is -0.181. The summed E-state index contributed by atoms with van der Waals surface area (Å²) >= 11 is 2.00. The second-order valence-corrected chi connectivity index (χ2v) is 7.42. The van der Waals surface area contributed by atoms with Crippen LogP contribution in [-0.2, 0) is 6.54 Å². The Kier molecular flexibility index (Phi) is 6.30. The molecule has 2 aromatic rings. The zero-order valence-corrected chi connectivity index (χ0v) is 15.6. The van der Waals surface area contributed by atoms with Gasteiger partial charge in [0, 0.05) is 55.0 Å². The first kappa shape index (κ1) is 18.5. The van der Waals surface area contributed by atoms with Crippen LogP contribution in [0.1, 0.15) is 26.3 Å². The highest BCUT2D eigenvalue weighted by molar-refractivity contribution is 7.99. The molecule has 0 radical (unpaired) electrons. The summed E-state index contributed by atoms with van der Waals surface area (Å²) < 4.78 is 0. The van der Waals surface area contributed by atoms with E-state index in [4.69, 9.17) is 0 Å². The summed E-state index contributed by atoms with van der Waals surface area (Å²) in [5.41, 5.74) is 2.94. The Morgan fingerprint density at radius 1 is 1.00 bits per heavy atom. The number of carbonyl (C=O) groups is 2. The van der Waals surface area contributed by atoms with Gasteiger partial charge in [0.15, 0.2) is 0 Å². The van der Waals surface area contributed by atoms with Crippen LogP contribution in [0, 0.1) is 0 Å².